The number of fused-ring (bicyclic) bond motifs is 1. The van der Waals surface area contributed by atoms with E-state index in [1.54, 1.807) is 12.1 Å². The predicted octanol–water partition coefficient (Wildman–Crippen LogP) is 2.89. The van der Waals surface area contributed by atoms with Crippen LogP contribution >= 0.6 is 0 Å². The van der Waals surface area contributed by atoms with Gasteiger partial charge in [-0.1, -0.05) is 35.0 Å². The van der Waals surface area contributed by atoms with E-state index in [1.165, 1.54) is 12.1 Å². The molecule has 0 saturated carbocycles. The van der Waals surface area contributed by atoms with Gasteiger partial charge in [-0.15, -0.1) is 0 Å². The van der Waals surface area contributed by atoms with Gasteiger partial charge in [-0.2, -0.15) is 8.42 Å². The summed E-state index contributed by atoms with van der Waals surface area (Å²) in [5, 5.41) is 3.84. The van der Waals surface area contributed by atoms with Crippen LogP contribution in [0.4, 0.5) is 0 Å². The molecule has 0 spiro atoms. The Morgan fingerprint density at radius 3 is 2.59 bits per heavy atom. The van der Waals surface area contributed by atoms with Crippen LogP contribution in [0.5, 0.6) is 5.75 Å². The highest BCUT2D eigenvalue weighted by atomic mass is 32.2. The molecule has 0 fully saturated rings. The van der Waals surface area contributed by atoms with Gasteiger partial charge in [0, 0.05) is 12.0 Å². The molecule has 0 bridgehead atoms. The zero-order valence-corrected chi connectivity index (χ0v) is 12.8. The highest BCUT2D eigenvalue weighted by Gasteiger charge is 2.20. The number of ether oxygens (including phenoxy) is 1. The molecule has 0 aromatic heterocycles. The molecule has 0 aliphatic carbocycles. The molecule has 1 aliphatic heterocycles. The van der Waals surface area contributed by atoms with Crippen molar-refractivity contribution in [3.05, 3.63) is 59.7 Å². The van der Waals surface area contributed by atoms with Crippen LogP contribution in [0.1, 0.15) is 17.5 Å². The third-order valence-corrected chi connectivity index (χ3v) is 4.47. The van der Waals surface area contributed by atoms with E-state index in [2.05, 4.69) is 5.16 Å². The van der Waals surface area contributed by atoms with Crippen LogP contribution in [-0.4, -0.2) is 20.7 Å². The van der Waals surface area contributed by atoms with E-state index in [0.717, 1.165) is 11.1 Å². The van der Waals surface area contributed by atoms with E-state index in [1.807, 2.05) is 31.2 Å². The summed E-state index contributed by atoms with van der Waals surface area (Å²) < 4.78 is 34.6. The van der Waals surface area contributed by atoms with Gasteiger partial charge >= 0.3 is 10.1 Å². The smallest absolute Gasteiger partial charge is 0.358 e. The van der Waals surface area contributed by atoms with Crippen LogP contribution in [-0.2, 0) is 14.4 Å². The minimum Gasteiger partial charge on any atom is -0.492 e. The molecule has 5 nitrogen and oxygen atoms in total. The molecule has 1 heterocycles. The quantitative estimate of drug-likeness (QED) is 0.817. The topological polar surface area (TPSA) is 65.0 Å². The molecule has 1 aliphatic rings. The lowest BCUT2D eigenvalue weighted by atomic mass is 10.0. The maximum absolute atomic E-state index is 12.1. The van der Waals surface area contributed by atoms with Gasteiger partial charge in [0.25, 0.3) is 0 Å². The summed E-state index contributed by atoms with van der Waals surface area (Å²) in [4.78, 5) is 0.0859. The molecule has 0 unspecified atom stereocenters. The van der Waals surface area contributed by atoms with Crippen molar-refractivity contribution < 1.29 is 17.4 Å². The first-order valence-corrected chi connectivity index (χ1v) is 8.26. The van der Waals surface area contributed by atoms with Gasteiger partial charge in [0.2, 0.25) is 0 Å². The van der Waals surface area contributed by atoms with Gasteiger partial charge in [0.05, 0.1) is 12.3 Å². The molecule has 6 heteroatoms. The average Bonchev–Trinajstić information content (AvgIpc) is 2.53. The largest absolute Gasteiger partial charge is 0.492 e. The van der Waals surface area contributed by atoms with Gasteiger partial charge in [-0.05, 0) is 31.2 Å². The zero-order chi connectivity index (χ0) is 15.6. The Kier molecular flexibility index (Phi) is 3.85. The van der Waals surface area contributed by atoms with Crippen molar-refractivity contribution in [3.63, 3.8) is 0 Å². The lowest BCUT2D eigenvalue weighted by Gasteiger charge is -2.18. The average molecular weight is 317 g/mol. The summed E-state index contributed by atoms with van der Waals surface area (Å²) in [5.74, 6) is 0.684. The first-order valence-electron chi connectivity index (χ1n) is 6.86. The van der Waals surface area contributed by atoms with Crippen molar-refractivity contribution in [2.45, 2.75) is 18.2 Å². The van der Waals surface area contributed by atoms with Crippen molar-refractivity contribution in [2.75, 3.05) is 6.61 Å². The van der Waals surface area contributed by atoms with Gasteiger partial charge in [-0.25, -0.2) is 0 Å². The van der Waals surface area contributed by atoms with E-state index >= 15 is 0 Å². The molecular weight excluding hydrogens is 302 g/mol. The van der Waals surface area contributed by atoms with Crippen molar-refractivity contribution in [2.24, 2.45) is 5.16 Å². The van der Waals surface area contributed by atoms with E-state index in [9.17, 15) is 8.42 Å². The zero-order valence-electron chi connectivity index (χ0n) is 12.0. The van der Waals surface area contributed by atoms with Crippen molar-refractivity contribution in [1.29, 1.82) is 0 Å². The number of benzene rings is 2. The fraction of sp³-hybridized carbons (Fsp3) is 0.188. The molecule has 0 radical (unpaired) electrons. The van der Waals surface area contributed by atoms with Gasteiger partial charge in [0.15, 0.2) is 0 Å². The van der Waals surface area contributed by atoms with E-state index in [-0.39, 0.29) is 4.90 Å². The standard InChI is InChI=1S/C16H15NO4S/c1-12-6-8-13(9-7-12)22(18,19)21-17-15-10-11-20-16-5-3-2-4-14(15)16/h2-9H,10-11H2,1H3. The summed E-state index contributed by atoms with van der Waals surface area (Å²) >= 11 is 0. The summed E-state index contributed by atoms with van der Waals surface area (Å²) in [6.07, 6.45) is 0.500. The Hall–Kier alpha value is -2.34. The number of aryl methyl sites for hydroxylation is 1. The normalized spacial score (nSPS) is 16.0. The second-order valence-electron chi connectivity index (χ2n) is 4.97. The van der Waals surface area contributed by atoms with Crippen molar-refractivity contribution in [1.82, 2.24) is 0 Å². The molecule has 2 aromatic rings. The summed E-state index contributed by atoms with van der Waals surface area (Å²) in [7, 11) is -3.91. The monoisotopic (exact) mass is 317 g/mol. The first-order chi connectivity index (χ1) is 10.6. The second kappa shape index (κ2) is 5.81. The first kappa shape index (κ1) is 14.6. The van der Waals surface area contributed by atoms with Gasteiger partial charge in [0.1, 0.15) is 10.6 Å². The number of para-hydroxylation sites is 1. The minimum absolute atomic E-state index is 0.0859. The highest BCUT2D eigenvalue weighted by Crippen LogP contribution is 2.25. The SMILES string of the molecule is Cc1ccc(S(=O)(=O)ON=C2CCOc3ccccc32)cc1. The van der Waals surface area contributed by atoms with Crippen molar-refractivity contribution in [3.8, 4) is 5.75 Å². The van der Waals surface area contributed by atoms with E-state index < -0.39 is 10.1 Å². The Morgan fingerprint density at radius 1 is 1.09 bits per heavy atom. The number of hydrogen-bond donors (Lipinski definition) is 0. The lowest BCUT2D eigenvalue weighted by Crippen LogP contribution is -2.17. The van der Waals surface area contributed by atoms with Crippen LogP contribution in [0.25, 0.3) is 0 Å². The molecule has 0 saturated heterocycles. The third-order valence-electron chi connectivity index (χ3n) is 3.35. The lowest BCUT2D eigenvalue weighted by molar-refractivity contribution is 0.308. The van der Waals surface area contributed by atoms with Gasteiger partial charge < -0.3 is 4.74 Å². The van der Waals surface area contributed by atoms with Gasteiger partial charge in [-0.3, -0.25) is 4.28 Å². The molecule has 3 rings (SSSR count). The van der Waals surface area contributed by atoms with Crippen molar-refractivity contribution >= 4 is 15.8 Å². The van der Waals surface area contributed by atoms with Crippen LogP contribution in [0.2, 0.25) is 0 Å². The maximum atomic E-state index is 12.1. The fourth-order valence-corrected chi connectivity index (χ4v) is 2.90. The Labute approximate surface area is 129 Å². The molecular formula is C16H15NO4S. The molecule has 114 valence electrons. The summed E-state index contributed by atoms with van der Waals surface area (Å²) in [6.45, 7) is 2.33. The molecule has 0 N–H and O–H groups in total. The van der Waals surface area contributed by atoms with Crippen LogP contribution in [0, 0.1) is 6.92 Å². The Morgan fingerprint density at radius 2 is 1.82 bits per heavy atom. The molecule has 2 aromatic carbocycles. The second-order valence-corrected chi connectivity index (χ2v) is 6.50. The Balaban J connectivity index is 1.87. The number of rotatable bonds is 3. The Bertz CT molecular complexity index is 810. The maximum Gasteiger partial charge on any atom is 0.358 e. The van der Waals surface area contributed by atoms with Crippen LogP contribution in [0.15, 0.2) is 58.6 Å². The van der Waals surface area contributed by atoms with Crippen LogP contribution < -0.4 is 4.74 Å². The van der Waals surface area contributed by atoms with E-state index in [0.29, 0.717) is 24.5 Å². The number of oxime groups is 1. The predicted molar refractivity (Wildman–Crippen MR) is 82.5 cm³/mol. The van der Waals surface area contributed by atoms with Crippen LogP contribution in [0.3, 0.4) is 0 Å². The third kappa shape index (κ3) is 2.96. The fourth-order valence-electron chi connectivity index (χ4n) is 2.16. The summed E-state index contributed by atoms with van der Waals surface area (Å²) in [5.41, 5.74) is 2.30. The highest BCUT2D eigenvalue weighted by molar-refractivity contribution is 7.86. The molecule has 0 atom stereocenters. The number of hydrogen-bond acceptors (Lipinski definition) is 5. The van der Waals surface area contributed by atoms with E-state index in [4.69, 9.17) is 9.02 Å². The summed E-state index contributed by atoms with van der Waals surface area (Å²) in [6, 6.07) is 13.8. The minimum atomic E-state index is -3.91. The molecule has 22 heavy (non-hydrogen) atoms. The number of nitrogens with zero attached hydrogens (tertiary/aromatic N) is 1. The molecule has 0 amide bonds.